The summed E-state index contributed by atoms with van der Waals surface area (Å²) in [7, 11) is 0. The summed E-state index contributed by atoms with van der Waals surface area (Å²) in [6, 6.07) is 43.0. The third-order valence-electron chi connectivity index (χ3n) is 7.93. The van der Waals surface area contributed by atoms with E-state index in [1.807, 2.05) is 0 Å². The first kappa shape index (κ1) is 28.4. The standard InChI is InChI=1S/C40H43N/c1-5-7-9-32-11-15-34(16-12-32)36-19-23-38(24-20-36)41(40-28-30(3)27-31(4)29-40)39-25-21-37(22-26-39)35-17-13-33(14-18-35)10-8-6-2/h11-29H,5-10H2,1-4H3. The van der Waals surface area contributed by atoms with E-state index in [0.717, 1.165) is 24.2 Å². The zero-order valence-electron chi connectivity index (χ0n) is 25.2. The lowest BCUT2D eigenvalue weighted by Gasteiger charge is -2.26. The maximum Gasteiger partial charge on any atom is 0.0466 e. The molecule has 41 heavy (non-hydrogen) atoms. The SMILES string of the molecule is CCCCc1ccc(-c2ccc(N(c3ccc(-c4ccc(CCCC)cc4)cc3)c3cc(C)cc(C)c3)cc2)cc1. The molecule has 0 heterocycles. The smallest absolute Gasteiger partial charge is 0.0466 e. The van der Waals surface area contributed by atoms with Crippen LogP contribution in [-0.4, -0.2) is 0 Å². The summed E-state index contributed by atoms with van der Waals surface area (Å²) in [6.45, 7) is 8.85. The fourth-order valence-electron chi connectivity index (χ4n) is 5.62. The fourth-order valence-corrected chi connectivity index (χ4v) is 5.62. The molecule has 0 saturated carbocycles. The zero-order chi connectivity index (χ0) is 28.6. The van der Waals surface area contributed by atoms with Crippen LogP contribution in [0, 0.1) is 13.8 Å². The van der Waals surface area contributed by atoms with Crippen molar-refractivity contribution >= 4 is 17.1 Å². The van der Waals surface area contributed by atoms with Crippen LogP contribution >= 0.6 is 0 Å². The van der Waals surface area contributed by atoms with Gasteiger partial charge in [-0.15, -0.1) is 0 Å². The quantitative estimate of drug-likeness (QED) is 0.162. The molecule has 5 aromatic rings. The molecule has 0 aromatic heterocycles. The van der Waals surface area contributed by atoms with Crippen molar-refractivity contribution < 1.29 is 0 Å². The van der Waals surface area contributed by atoms with E-state index in [-0.39, 0.29) is 0 Å². The van der Waals surface area contributed by atoms with Crippen LogP contribution < -0.4 is 4.90 Å². The van der Waals surface area contributed by atoms with Crippen LogP contribution in [0.2, 0.25) is 0 Å². The Labute approximate surface area is 247 Å². The monoisotopic (exact) mass is 537 g/mol. The van der Waals surface area contributed by atoms with E-state index in [0.29, 0.717) is 0 Å². The van der Waals surface area contributed by atoms with Gasteiger partial charge in [-0.25, -0.2) is 0 Å². The van der Waals surface area contributed by atoms with Crippen molar-refractivity contribution in [3.05, 3.63) is 138 Å². The normalized spacial score (nSPS) is 11.0. The number of hydrogen-bond donors (Lipinski definition) is 0. The highest BCUT2D eigenvalue weighted by atomic mass is 15.1. The van der Waals surface area contributed by atoms with Gasteiger partial charge in [0.25, 0.3) is 0 Å². The summed E-state index contributed by atoms with van der Waals surface area (Å²) < 4.78 is 0. The highest BCUT2D eigenvalue weighted by Gasteiger charge is 2.14. The van der Waals surface area contributed by atoms with Gasteiger partial charge in [-0.05, 0) is 120 Å². The molecule has 0 unspecified atom stereocenters. The van der Waals surface area contributed by atoms with Gasteiger partial charge < -0.3 is 4.90 Å². The van der Waals surface area contributed by atoms with E-state index in [4.69, 9.17) is 0 Å². The first-order valence-corrected chi connectivity index (χ1v) is 15.3. The number of rotatable bonds is 11. The predicted octanol–water partition coefficient (Wildman–Crippen LogP) is 11.8. The molecule has 1 nitrogen and oxygen atoms in total. The fraction of sp³-hybridized carbons (Fsp3) is 0.250. The average Bonchev–Trinajstić information content (AvgIpc) is 3.00. The molecule has 5 aromatic carbocycles. The number of anilines is 3. The Bertz CT molecular complexity index is 1410. The maximum absolute atomic E-state index is 2.37. The van der Waals surface area contributed by atoms with Crippen LogP contribution in [0.4, 0.5) is 17.1 Å². The molecular weight excluding hydrogens is 494 g/mol. The third-order valence-corrected chi connectivity index (χ3v) is 7.93. The van der Waals surface area contributed by atoms with Crippen molar-refractivity contribution in [3.8, 4) is 22.3 Å². The van der Waals surface area contributed by atoms with Gasteiger partial charge in [-0.3, -0.25) is 0 Å². The van der Waals surface area contributed by atoms with Crippen LogP contribution in [0.3, 0.4) is 0 Å². The summed E-state index contributed by atoms with van der Waals surface area (Å²) in [5, 5.41) is 0. The lowest BCUT2D eigenvalue weighted by atomic mass is 10.0. The van der Waals surface area contributed by atoms with Crippen molar-refractivity contribution in [2.75, 3.05) is 4.90 Å². The van der Waals surface area contributed by atoms with Gasteiger partial charge in [-0.1, -0.05) is 106 Å². The van der Waals surface area contributed by atoms with Crippen molar-refractivity contribution in [2.24, 2.45) is 0 Å². The Morgan fingerprint density at radius 1 is 0.415 bits per heavy atom. The Morgan fingerprint density at radius 2 is 0.756 bits per heavy atom. The minimum absolute atomic E-state index is 1.16. The van der Waals surface area contributed by atoms with Crippen molar-refractivity contribution in [3.63, 3.8) is 0 Å². The summed E-state index contributed by atoms with van der Waals surface area (Å²) in [6.07, 6.45) is 7.26. The summed E-state index contributed by atoms with van der Waals surface area (Å²) in [4.78, 5) is 2.37. The molecule has 0 radical (unpaired) electrons. The molecule has 0 aliphatic carbocycles. The Morgan fingerprint density at radius 3 is 1.10 bits per heavy atom. The highest BCUT2D eigenvalue weighted by molar-refractivity contribution is 5.80. The number of unbranched alkanes of at least 4 members (excludes halogenated alkanes) is 2. The second kappa shape index (κ2) is 13.5. The van der Waals surface area contributed by atoms with Gasteiger partial charge in [0.15, 0.2) is 0 Å². The maximum atomic E-state index is 2.37. The van der Waals surface area contributed by atoms with E-state index in [2.05, 4.69) is 148 Å². The first-order chi connectivity index (χ1) is 20.0. The van der Waals surface area contributed by atoms with E-state index >= 15 is 0 Å². The molecule has 0 fully saturated rings. The minimum atomic E-state index is 1.16. The van der Waals surface area contributed by atoms with Gasteiger partial charge in [0.1, 0.15) is 0 Å². The molecule has 0 atom stereocenters. The van der Waals surface area contributed by atoms with Crippen LogP contribution in [0.25, 0.3) is 22.3 Å². The molecule has 0 aliphatic heterocycles. The van der Waals surface area contributed by atoms with Crippen molar-refractivity contribution in [2.45, 2.75) is 66.2 Å². The third kappa shape index (κ3) is 7.16. The summed E-state index contributed by atoms with van der Waals surface area (Å²) >= 11 is 0. The average molecular weight is 538 g/mol. The van der Waals surface area contributed by atoms with Gasteiger partial charge in [-0.2, -0.15) is 0 Å². The Kier molecular flexibility index (Phi) is 9.36. The Hall–Kier alpha value is -4.10. The van der Waals surface area contributed by atoms with Crippen LogP contribution in [0.1, 0.15) is 61.8 Å². The second-order valence-electron chi connectivity index (χ2n) is 11.4. The molecule has 0 saturated heterocycles. The molecule has 0 amide bonds. The van der Waals surface area contributed by atoms with Crippen LogP contribution in [0.15, 0.2) is 115 Å². The topological polar surface area (TPSA) is 3.24 Å². The van der Waals surface area contributed by atoms with Gasteiger partial charge in [0.05, 0.1) is 0 Å². The molecule has 0 aliphatic rings. The lowest BCUT2D eigenvalue weighted by molar-refractivity contribution is 0.795. The van der Waals surface area contributed by atoms with Gasteiger partial charge >= 0.3 is 0 Å². The number of hydrogen-bond acceptors (Lipinski definition) is 1. The van der Waals surface area contributed by atoms with Gasteiger partial charge in [0.2, 0.25) is 0 Å². The van der Waals surface area contributed by atoms with E-state index < -0.39 is 0 Å². The molecule has 208 valence electrons. The van der Waals surface area contributed by atoms with E-state index in [1.165, 1.54) is 75.9 Å². The van der Waals surface area contributed by atoms with Gasteiger partial charge in [0, 0.05) is 17.1 Å². The van der Waals surface area contributed by atoms with Crippen molar-refractivity contribution in [1.29, 1.82) is 0 Å². The lowest BCUT2D eigenvalue weighted by Crippen LogP contribution is -2.10. The Balaban J connectivity index is 1.44. The molecule has 0 bridgehead atoms. The molecule has 0 N–H and O–H groups in total. The number of aryl methyl sites for hydroxylation is 4. The molecule has 1 heteroatoms. The van der Waals surface area contributed by atoms with Crippen molar-refractivity contribution in [1.82, 2.24) is 0 Å². The zero-order valence-corrected chi connectivity index (χ0v) is 25.2. The molecular formula is C40H43N. The highest BCUT2D eigenvalue weighted by Crippen LogP contribution is 2.37. The van der Waals surface area contributed by atoms with E-state index in [1.54, 1.807) is 0 Å². The summed E-state index contributed by atoms with van der Waals surface area (Å²) in [5.74, 6) is 0. The second-order valence-corrected chi connectivity index (χ2v) is 11.4. The molecule has 0 spiro atoms. The number of nitrogens with zero attached hydrogens (tertiary/aromatic N) is 1. The first-order valence-electron chi connectivity index (χ1n) is 15.3. The predicted molar refractivity (Wildman–Crippen MR) is 179 cm³/mol. The summed E-state index contributed by atoms with van der Waals surface area (Å²) in [5.41, 5.74) is 13.9. The minimum Gasteiger partial charge on any atom is -0.310 e. The van der Waals surface area contributed by atoms with Crippen LogP contribution in [0.5, 0.6) is 0 Å². The molecule has 5 rings (SSSR count). The van der Waals surface area contributed by atoms with E-state index in [9.17, 15) is 0 Å². The number of benzene rings is 5. The largest absolute Gasteiger partial charge is 0.310 e. The van der Waals surface area contributed by atoms with Crippen LogP contribution in [-0.2, 0) is 12.8 Å².